The van der Waals surface area contributed by atoms with Crippen molar-refractivity contribution >= 4 is 23.5 Å². The summed E-state index contributed by atoms with van der Waals surface area (Å²) in [5, 5.41) is 3.07. The van der Waals surface area contributed by atoms with Gasteiger partial charge in [0, 0.05) is 24.5 Å². The van der Waals surface area contributed by atoms with E-state index < -0.39 is 11.9 Å². The van der Waals surface area contributed by atoms with Gasteiger partial charge in [0.1, 0.15) is 11.6 Å². The second-order valence-electron chi connectivity index (χ2n) is 12.2. The van der Waals surface area contributed by atoms with E-state index in [0.717, 1.165) is 59.4 Å². The summed E-state index contributed by atoms with van der Waals surface area (Å²) < 4.78 is 26.7. The fourth-order valence-electron chi connectivity index (χ4n) is 5.89. The molecule has 9 heteroatoms. The lowest BCUT2D eigenvalue weighted by atomic mass is 10.1. The molecule has 1 fully saturated rings. The van der Waals surface area contributed by atoms with Gasteiger partial charge in [-0.05, 0) is 107 Å². The lowest BCUT2D eigenvalue weighted by Gasteiger charge is -2.26. The number of rotatable bonds is 11. The molecule has 1 aliphatic rings. The lowest BCUT2D eigenvalue weighted by molar-refractivity contribution is 0.203. The Morgan fingerprint density at radius 1 is 0.913 bits per heavy atom. The number of anilines is 3. The van der Waals surface area contributed by atoms with Crippen molar-refractivity contribution in [2.24, 2.45) is 0 Å². The third-order valence-electron chi connectivity index (χ3n) is 8.28. The van der Waals surface area contributed by atoms with Crippen LogP contribution in [0.25, 0.3) is 0 Å². The smallest absolute Gasteiger partial charge is 0.421 e. The number of carbonyl (C=O) groups is 1. The number of aryl methyl sites for hydroxylation is 5. The molecule has 242 valence electrons. The standard InChI is InChI=1S/C37H44FN5O3/c1-25-10-11-27(3)30(22-25)24-43(37(44)46-35-28(4)20-26(2)21-29(35)5)34-14-15-39-36(41-34)40-31-12-13-33(32(38)23-31)45-19-9-18-42-16-7-6-8-17-42/h10-15,20-23H,6-9,16-19,24H2,1-5H3,(H,39,40,41). The molecular formula is C37H44FN5O3. The summed E-state index contributed by atoms with van der Waals surface area (Å²) in [6, 6.07) is 16.5. The molecule has 1 aromatic heterocycles. The molecule has 0 bridgehead atoms. The van der Waals surface area contributed by atoms with Crippen molar-refractivity contribution in [2.45, 2.75) is 66.8 Å². The number of amides is 1. The molecule has 1 N–H and O–H groups in total. The second kappa shape index (κ2) is 15.2. The maximum atomic E-state index is 15.0. The van der Waals surface area contributed by atoms with Gasteiger partial charge in [0.25, 0.3) is 0 Å². The Bertz CT molecular complexity index is 1650. The van der Waals surface area contributed by atoms with E-state index in [1.807, 2.05) is 58.9 Å². The van der Waals surface area contributed by atoms with Crippen molar-refractivity contribution in [3.05, 3.63) is 100.0 Å². The van der Waals surface area contributed by atoms with Gasteiger partial charge >= 0.3 is 6.09 Å². The van der Waals surface area contributed by atoms with Crippen molar-refractivity contribution in [2.75, 3.05) is 36.5 Å². The molecule has 0 aliphatic carbocycles. The van der Waals surface area contributed by atoms with Crippen LogP contribution in [0.3, 0.4) is 0 Å². The minimum Gasteiger partial charge on any atom is -0.490 e. The maximum Gasteiger partial charge on any atom is 0.421 e. The van der Waals surface area contributed by atoms with Gasteiger partial charge in [-0.3, -0.25) is 4.90 Å². The molecule has 0 atom stereocenters. The predicted octanol–water partition coefficient (Wildman–Crippen LogP) is 8.36. The number of likely N-dealkylation sites (tertiary alicyclic amines) is 1. The van der Waals surface area contributed by atoms with Crippen LogP contribution < -0.4 is 19.7 Å². The van der Waals surface area contributed by atoms with Crippen LogP contribution in [0, 0.1) is 40.4 Å². The van der Waals surface area contributed by atoms with Gasteiger partial charge in [-0.25, -0.2) is 14.2 Å². The highest BCUT2D eigenvalue weighted by Crippen LogP contribution is 2.28. The Labute approximate surface area is 271 Å². The molecule has 0 spiro atoms. The van der Waals surface area contributed by atoms with Crippen molar-refractivity contribution < 1.29 is 18.7 Å². The summed E-state index contributed by atoms with van der Waals surface area (Å²) in [6.45, 7) is 13.8. The van der Waals surface area contributed by atoms with E-state index in [-0.39, 0.29) is 18.2 Å². The molecule has 3 aromatic carbocycles. The van der Waals surface area contributed by atoms with E-state index in [2.05, 4.69) is 26.3 Å². The van der Waals surface area contributed by atoms with E-state index in [1.54, 1.807) is 24.4 Å². The molecule has 0 unspecified atom stereocenters. The second-order valence-corrected chi connectivity index (χ2v) is 12.2. The fraction of sp³-hybridized carbons (Fsp3) is 0.378. The minimum absolute atomic E-state index is 0.211. The molecule has 1 aliphatic heterocycles. The summed E-state index contributed by atoms with van der Waals surface area (Å²) in [7, 11) is 0. The normalized spacial score (nSPS) is 13.3. The Kier molecular flexibility index (Phi) is 10.9. The average Bonchev–Trinajstić information content (AvgIpc) is 3.03. The number of nitrogens with one attached hydrogen (secondary N) is 1. The first kappa shape index (κ1) is 32.9. The third-order valence-corrected chi connectivity index (χ3v) is 8.28. The van der Waals surface area contributed by atoms with E-state index >= 15 is 0 Å². The van der Waals surface area contributed by atoms with Crippen molar-refractivity contribution in [3.8, 4) is 11.5 Å². The van der Waals surface area contributed by atoms with Crippen LogP contribution in [-0.2, 0) is 6.54 Å². The minimum atomic E-state index is -0.562. The molecule has 0 saturated carbocycles. The van der Waals surface area contributed by atoms with Crippen molar-refractivity contribution in [1.29, 1.82) is 0 Å². The Morgan fingerprint density at radius 3 is 2.41 bits per heavy atom. The first-order chi connectivity index (χ1) is 22.2. The largest absolute Gasteiger partial charge is 0.490 e. The van der Waals surface area contributed by atoms with E-state index in [4.69, 9.17) is 9.47 Å². The van der Waals surface area contributed by atoms with Gasteiger partial charge < -0.3 is 19.7 Å². The number of nitrogens with zero attached hydrogens (tertiary/aromatic N) is 4. The van der Waals surface area contributed by atoms with E-state index in [9.17, 15) is 9.18 Å². The molecule has 1 saturated heterocycles. The average molecular weight is 626 g/mol. The zero-order chi connectivity index (χ0) is 32.6. The SMILES string of the molecule is Cc1cc(C)c(OC(=O)N(Cc2cc(C)ccc2C)c2ccnc(Nc3ccc(OCCCN4CCCCC4)c(F)c3)n2)c(C)c1. The molecule has 1 amide bonds. The molecule has 4 aromatic rings. The molecular weight excluding hydrogens is 581 g/mol. The fourth-order valence-corrected chi connectivity index (χ4v) is 5.89. The number of piperidine rings is 1. The number of hydrogen-bond donors (Lipinski definition) is 1. The van der Waals surface area contributed by atoms with Gasteiger partial charge in [0.15, 0.2) is 11.6 Å². The molecule has 0 radical (unpaired) electrons. The van der Waals surface area contributed by atoms with Crippen LogP contribution in [0.1, 0.15) is 59.1 Å². The Hall–Kier alpha value is -4.50. The van der Waals surface area contributed by atoms with Crippen LogP contribution in [0.2, 0.25) is 0 Å². The lowest BCUT2D eigenvalue weighted by Crippen LogP contribution is -2.34. The van der Waals surface area contributed by atoms with Gasteiger partial charge in [0.05, 0.1) is 13.2 Å². The van der Waals surface area contributed by atoms with Gasteiger partial charge in [-0.15, -0.1) is 0 Å². The monoisotopic (exact) mass is 625 g/mol. The Balaban J connectivity index is 1.31. The number of hydrogen-bond acceptors (Lipinski definition) is 7. The van der Waals surface area contributed by atoms with Crippen LogP contribution in [0.4, 0.5) is 26.6 Å². The quantitative estimate of drug-likeness (QED) is 0.168. The summed E-state index contributed by atoms with van der Waals surface area (Å²) in [4.78, 5) is 26.7. The summed E-state index contributed by atoms with van der Waals surface area (Å²) >= 11 is 0. The number of halogens is 1. The highest BCUT2D eigenvalue weighted by molar-refractivity contribution is 5.88. The van der Waals surface area contributed by atoms with E-state index in [0.29, 0.717) is 23.9 Å². The Morgan fingerprint density at radius 2 is 1.67 bits per heavy atom. The molecule has 5 rings (SSSR count). The van der Waals surface area contributed by atoms with Crippen LogP contribution >= 0.6 is 0 Å². The topological polar surface area (TPSA) is 79.8 Å². The number of ether oxygens (including phenoxy) is 2. The molecule has 46 heavy (non-hydrogen) atoms. The summed E-state index contributed by atoms with van der Waals surface area (Å²) in [6.07, 6.45) is 5.65. The first-order valence-electron chi connectivity index (χ1n) is 16.0. The zero-order valence-electron chi connectivity index (χ0n) is 27.5. The van der Waals surface area contributed by atoms with Gasteiger partial charge in [-0.1, -0.05) is 47.9 Å². The zero-order valence-corrected chi connectivity index (χ0v) is 27.5. The van der Waals surface area contributed by atoms with Gasteiger partial charge in [0.2, 0.25) is 5.95 Å². The van der Waals surface area contributed by atoms with Crippen LogP contribution in [0.5, 0.6) is 11.5 Å². The van der Waals surface area contributed by atoms with Crippen molar-refractivity contribution in [3.63, 3.8) is 0 Å². The summed E-state index contributed by atoms with van der Waals surface area (Å²) in [5.41, 5.74) is 6.40. The van der Waals surface area contributed by atoms with Crippen molar-refractivity contribution in [1.82, 2.24) is 14.9 Å². The number of benzene rings is 3. The first-order valence-corrected chi connectivity index (χ1v) is 16.0. The summed E-state index contributed by atoms with van der Waals surface area (Å²) in [5.74, 6) is 0.831. The molecule has 2 heterocycles. The number of aromatic nitrogens is 2. The maximum absolute atomic E-state index is 15.0. The predicted molar refractivity (Wildman–Crippen MR) is 181 cm³/mol. The molecule has 8 nitrogen and oxygen atoms in total. The highest BCUT2D eigenvalue weighted by atomic mass is 19.1. The highest BCUT2D eigenvalue weighted by Gasteiger charge is 2.23. The number of carbonyl (C=O) groups excluding carboxylic acids is 1. The van der Waals surface area contributed by atoms with Crippen LogP contribution in [-0.4, -0.2) is 47.2 Å². The van der Waals surface area contributed by atoms with E-state index in [1.165, 1.54) is 30.2 Å². The third kappa shape index (κ3) is 8.60. The van der Waals surface area contributed by atoms with Crippen LogP contribution in [0.15, 0.2) is 60.8 Å². The van der Waals surface area contributed by atoms with Gasteiger partial charge in [-0.2, -0.15) is 4.98 Å².